The molecule has 0 aromatic carbocycles. The van der Waals surface area contributed by atoms with Crippen molar-refractivity contribution in [2.24, 2.45) is 0 Å². The molecule has 1 aliphatic rings. The SMILES string of the molecule is CO[C@H](C)COc1cc(-n2nc(C)c3cnc(Cl)cc32)nc([C@]2(OC)CCOC2)c1. The first kappa shape index (κ1) is 21.0. The van der Waals surface area contributed by atoms with Gasteiger partial charge in [-0.25, -0.2) is 14.6 Å². The van der Waals surface area contributed by atoms with Crippen LogP contribution >= 0.6 is 11.6 Å². The third-order valence-electron chi connectivity index (χ3n) is 5.45. The van der Waals surface area contributed by atoms with Crippen LogP contribution in [0.25, 0.3) is 16.7 Å². The highest BCUT2D eigenvalue weighted by molar-refractivity contribution is 6.30. The van der Waals surface area contributed by atoms with Crippen molar-refractivity contribution in [2.75, 3.05) is 34.0 Å². The van der Waals surface area contributed by atoms with E-state index in [-0.39, 0.29) is 6.10 Å². The summed E-state index contributed by atoms with van der Waals surface area (Å²) in [5.74, 6) is 1.26. The van der Waals surface area contributed by atoms with Crippen LogP contribution in [0.4, 0.5) is 0 Å². The molecule has 1 saturated heterocycles. The number of hydrogen-bond acceptors (Lipinski definition) is 7. The number of ether oxygens (including phenoxy) is 4. The minimum absolute atomic E-state index is 0.0473. The molecular weight excluding hydrogens is 408 g/mol. The van der Waals surface area contributed by atoms with Gasteiger partial charge in [0.25, 0.3) is 0 Å². The molecule has 0 aliphatic carbocycles. The Kier molecular flexibility index (Phi) is 5.92. The molecule has 0 amide bonds. The monoisotopic (exact) mass is 432 g/mol. The van der Waals surface area contributed by atoms with Gasteiger partial charge in [-0.2, -0.15) is 5.10 Å². The van der Waals surface area contributed by atoms with Crippen LogP contribution in [-0.2, 0) is 19.8 Å². The topological polar surface area (TPSA) is 80.5 Å². The highest BCUT2D eigenvalue weighted by atomic mass is 35.5. The normalized spacial score (nSPS) is 20.0. The van der Waals surface area contributed by atoms with E-state index < -0.39 is 5.60 Å². The number of halogens is 1. The number of nitrogens with zero attached hydrogens (tertiary/aromatic N) is 4. The lowest BCUT2D eigenvalue weighted by Crippen LogP contribution is -2.30. The van der Waals surface area contributed by atoms with Crippen molar-refractivity contribution in [1.29, 1.82) is 0 Å². The summed E-state index contributed by atoms with van der Waals surface area (Å²) in [6.45, 7) is 5.33. The summed E-state index contributed by atoms with van der Waals surface area (Å²) >= 11 is 6.15. The lowest BCUT2D eigenvalue weighted by Gasteiger charge is -2.26. The van der Waals surface area contributed by atoms with Crippen LogP contribution in [0.1, 0.15) is 24.7 Å². The Labute approximate surface area is 180 Å². The molecule has 0 bridgehead atoms. The minimum atomic E-state index is -0.627. The maximum absolute atomic E-state index is 6.15. The van der Waals surface area contributed by atoms with E-state index in [2.05, 4.69) is 10.1 Å². The maximum atomic E-state index is 6.15. The molecule has 0 saturated carbocycles. The largest absolute Gasteiger partial charge is 0.491 e. The molecule has 9 heteroatoms. The predicted octanol–water partition coefficient (Wildman–Crippen LogP) is 3.45. The number of aryl methyl sites for hydroxylation is 1. The second-order valence-corrected chi connectivity index (χ2v) is 7.81. The molecule has 160 valence electrons. The molecule has 8 nitrogen and oxygen atoms in total. The van der Waals surface area contributed by atoms with Crippen molar-refractivity contribution < 1.29 is 18.9 Å². The average Bonchev–Trinajstić information content (AvgIpc) is 3.37. The highest BCUT2D eigenvalue weighted by Crippen LogP contribution is 2.35. The summed E-state index contributed by atoms with van der Waals surface area (Å²) < 4.78 is 24.6. The van der Waals surface area contributed by atoms with Crippen LogP contribution < -0.4 is 4.74 Å². The summed E-state index contributed by atoms with van der Waals surface area (Å²) in [5.41, 5.74) is 1.77. The van der Waals surface area contributed by atoms with Gasteiger partial charge in [-0.15, -0.1) is 0 Å². The van der Waals surface area contributed by atoms with Gasteiger partial charge in [-0.05, 0) is 13.8 Å². The van der Waals surface area contributed by atoms with Gasteiger partial charge in [0.15, 0.2) is 5.82 Å². The summed E-state index contributed by atoms with van der Waals surface area (Å²) in [4.78, 5) is 9.06. The van der Waals surface area contributed by atoms with Gasteiger partial charge in [-0.3, -0.25) is 0 Å². The summed E-state index contributed by atoms with van der Waals surface area (Å²) in [6.07, 6.45) is 2.39. The van der Waals surface area contributed by atoms with Crippen LogP contribution in [0, 0.1) is 6.92 Å². The fraction of sp³-hybridized carbons (Fsp3) is 0.476. The van der Waals surface area contributed by atoms with Crippen molar-refractivity contribution in [1.82, 2.24) is 19.7 Å². The zero-order valence-electron chi connectivity index (χ0n) is 17.5. The van der Waals surface area contributed by atoms with Gasteiger partial charge in [0, 0.05) is 57.0 Å². The van der Waals surface area contributed by atoms with Crippen molar-refractivity contribution in [3.05, 3.63) is 40.9 Å². The number of pyridine rings is 2. The van der Waals surface area contributed by atoms with E-state index in [4.69, 9.17) is 35.5 Å². The molecule has 30 heavy (non-hydrogen) atoms. The number of methoxy groups -OCH3 is 2. The van der Waals surface area contributed by atoms with Crippen molar-refractivity contribution >= 4 is 22.5 Å². The lowest BCUT2D eigenvalue weighted by atomic mass is 9.97. The van der Waals surface area contributed by atoms with Gasteiger partial charge in [0.2, 0.25) is 0 Å². The summed E-state index contributed by atoms with van der Waals surface area (Å²) in [5, 5.41) is 5.97. The quantitative estimate of drug-likeness (QED) is 0.529. The smallest absolute Gasteiger partial charge is 0.158 e. The van der Waals surface area contributed by atoms with E-state index in [1.807, 2.05) is 26.0 Å². The molecule has 4 heterocycles. The molecule has 1 fully saturated rings. The molecule has 0 unspecified atom stereocenters. The Morgan fingerprint density at radius 1 is 1.30 bits per heavy atom. The standard InChI is InChI=1S/C21H25ClN4O4/c1-13(27-3)11-30-15-7-18(21(28-4)5-6-29-12-21)24-20(8-15)26-17-9-19(22)23-10-16(17)14(2)25-26/h7-10,13H,5-6,11-12H2,1-4H3/t13-,21+/m1/s1. The van der Waals surface area contributed by atoms with Gasteiger partial charge < -0.3 is 18.9 Å². The Morgan fingerprint density at radius 2 is 2.13 bits per heavy atom. The van der Waals surface area contributed by atoms with Crippen LogP contribution in [-0.4, -0.2) is 59.9 Å². The van der Waals surface area contributed by atoms with Gasteiger partial charge >= 0.3 is 0 Å². The Morgan fingerprint density at radius 3 is 2.83 bits per heavy atom. The molecule has 3 aromatic rings. The molecule has 3 aromatic heterocycles. The van der Waals surface area contributed by atoms with Gasteiger partial charge in [-0.1, -0.05) is 11.6 Å². The second-order valence-electron chi connectivity index (χ2n) is 7.43. The molecule has 1 aliphatic heterocycles. The van der Waals surface area contributed by atoms with Crippen LogP contribution in [0.3, 0.4) is 0 Å². The summed E-state index contributed by atoms with van der Waals surface area (Å²) in [6, 6.07) is 5.53. The van der Waals surface area contributed by atoms with Crippen LogP contribution in [0.15, 0.2) is 24.4 Å². The molecule has 2 atom stereocenters. The zero-order chi connectivity index (χ0) is 21.3. The van der Waals surface area contributed by atoms with Crippen molar-refractivity contribution in [2.45, 2.75) is 32.0 Å². The van der Waals surface area contributed by atoms with Crippen LogP contribution in [0.2, 0.25) is 5.15 Å². The third-order valence-corrected chi connectivity index (χ3v) is 5.66. The maximum Gasteiger partial charge on any atom is 0.158 e. The molecule has 4 rings (SSSR count). The number of aromatic nitrogens is 4. The molecule has 0 radical (unpaired) electrons. The molecule has 0 spiro atoms. The Balaban J connectivity index is 1.85. The molecular formula is C21H25ClN4O4. The Bertz CT molecular complexity index is 1050. The van der Waals surface area contributed by atoms with Crippen molar-refractivity contribution in [3.8, 4) is 11.6 Å². The first-order valence-electron chi connectivity index (χ1n) is 9.78. The van der Waals surface area contributed by atoms with Gasteiger partial charge in [0.05, 0.1) is 29.6 Å². The van der Waals surface area contributed by atoms with E-state index in [1.165, 1.54) is 0 Å². The Hall–Kier alpha value is -2.26. The predicted molar refractivity (Wildman–Crippen MR) is 112 cm³/mol. The van der Waals surface area contributed by atoms with E-state index in [9.17, 15) is 0 Å². The number of fused-ring (bicyclic) bond motifs is 1. The van der Waals surface area contributed by atoms with E-state index in [0.717, 1.165) is 22.3 Å². The lowest BCUT2D eigenvalue weighted by molar-refractivity contribution is -0.0248. The zero-order valence-corrected chi connectivity index (χ0v) is 18.3. The van der Waals surface area contributed by atoms with E-state index in [1.54, 1.807) is 31.2 Å². The fourth-order valence-electron chi connectivity index (χ4n) is 3.52. The van der Waals surface area contributed by atoms with Gasteiger partial charge in [0.1, 0.15) is 23.1 Å². The second kappa shape index (κ2) is 8.47. The van der Waals surface area contributed by atoms with Crippen LogP contribution in [0.5, 0.6) is 5.75 Å². The highest BCUT2D eigenvalue weighted by Gasteiger charge is 2.39. The minimum Gasteiger partial charge on any atom is -0.491 e. The average molecular weight is 433 g/mol. The summed E-state index contributed by atoms with van der Waals surface area (Å²) in [7, 11) is 3.33. The molecule has 0 N–H and O–H groups in total. The number of hydrogen-bond donors (Lipinski definition) is 0. The first-order valence-corrected chi connectivity index (χ1v) is 10.2. The van der Waals surface area contributed by atoms with E-state index in [0.29, 0.717) is 43.0 Å². The first-order chi connectivity index (χ1) is 14.5. The number of rotatable bonds is 7. The van der Waals surface area contributed by atoms with Crippen molar-refractivity contribution in [3.63, 3.8) is 0 Å². The third kappa shape index (κ3) is 3.88. The van der Waals surface area contributed by atoms with E-state index >= 15 is 0 Å². The fourth-order valence-corrected chi connectivity index (χ4v) is 3.67.